The van der Waals surface area contributed by atoms with Gasteiger partial charge in [-0.25, -0.2) is 4.79 Å². The first-order valence-corrected chi connectivity index (χ1v) is 18.4. The first-order valence-electron chi connectivity index (χ1n) is 18.4. The number of hydrogen-bond acceptors (Lipinski definition) is 12. The van der Waals surface area contributed by atoms with Crippen LogP contribution >= 0.6 is 0 Å². The predicted octanol–water partition coefficient (Wildman–Crippen LogP) is -3.55. The molecule has 1 saturated heterocycles. The van der Waals surface area contributed by atoms with Crippen molar-refractivity contribution >= 4 is 65.2 Å². The van der Waals surface area contributed by atoms with Crippen LogP contribution in [0.5, 0.6) is 0 Å². The average molecular weight is 836 g/mol. The van der Waals surface area contributed by atoms with Crippen LogP contribution in [0.1, 0.15) is 64.4 Å². The molecule has 1 aliphatic heterocycles. The van der Waals surface area contributed by atoms with Crippen molar-refractivity contribution in [1.29, 1.82) is 0 Å². The number of amides is 7. The number of aliphatic carboxylic acids is 4. The quantitative estimate of drug-likeness (QED) is 0.0480. The van der Waals surface area contributed by atoms with Crippen molar-refractivity contribution in [2.24, 2.45) is 0 Å². The van der Waals surface area contributed by atoms with Crippen LogP contribution in [0.3, 0.4) is 0 Å². The van der Waals surface area contributed by atoms with Crippen LogP contribution in [-0.4, -0.2) is 151 Å². The summed E-state index contributed by atoms with van der Waals surface area (Å²) in [5, 5.41) is 61.0. The Morgan fingerprint density at radius 1 is 0.712 bits per heavy atom. The molecule has 1 aromatic rings. The smallest absolute Gasteiger partial charge is 0.326 e. The Hall–Kier alpha value is -6.65. The second-order valence-corrected chi connectivity index (χ2v) is 13.6. The van der Waals surface area contributed by atoms with Gasteiger partial charge in [0.25, 0.3) is 0 Å². The first kappa shape index (κ1) is 48.5. The van der Waals surface area contributed by atoms with Gasteiger partial charge in [0.1, 0.15) is 36.3 Å². The summed E-state index contributed by atoms with van der Waals surface area (Å²) in [4.78, 5) is 138. The average Bonchev–Trinajstić information content (AvgIpc) is 3.65. The Bertz CT molecular complexity index is 1720. The molecule has 7 atom stereocenters. The summed E-state index contributed by atoms with van der Waals surface area (Å²) in [6.07, 6.45) is -4.56. The number of rotatable bonds is 24. The fourth-order valence-corrected chi connectivity index (χ4v) is 5.97. The van der Waals surface area contributed by atoms with E-state index in [0.29, 0.717) is 5.56 Å². The zero-order chi connectivity index (χ0) is 44.4. The normalized spacial score (nSPS) is 16.4. The molecule has 1 fully saturated rings. The van der Waals surface area contributed by atoms with Crippen molar-refractivity contribution in [1.82, 2.24) is 36.8 Å². The Balaban J connectivity index is 2.15. The predicted molar refractivity (Wildman–Crippen MR) is 199 cm³/mol. The molecule has 1 aliphatic rings. The summed E-state index contributed by atoms with van der Waals surface area (Å²) in [5.74, 6) is -12.5. The van der Waals surface area contributed by atoms with E-state index in [1.807, 2.05) is 0 Å². The molecule has 7 amide bonds. The van der Waals surface area contributed by atoms with Crippen molar-refractivity contribution in [3.8, 4) is 0 Å². The fraction of sp³-hybridized carbons (Fsp3) is 0.528. The molecule has 324 valence electrons. The number of likely N-dealkylation sites (tertiary alicyclic amines) is 1. The summed E-state index contributed by atoms with van der Waals surface area (Å²) in [6, 6.07) is -1.04. The highest BCUT2D eigenvalue weighted by molar-refractivity contribution is 5.97. The molecular formula is C36H49N7O16. The van der Waals surface area contributed by atoms with Crippen molar-refractivity contribution in [3.63, 3.8) is 0 Å². The third kappa shape index (κ3) is 16.8. The highest BCUT2D eigenvalue weighted by Crippen LogP contribution is 2.20. The van der Waals surface area contributed by atoms with Gasteiger partial charge in [0.15, 0.2) is 0 Å². The molecule has 23 heteroatoms. The SMILES string of the molecule is CC(=O)N[C@@H](CC(=O)O)C(=O)N1CCC[C@H]1C(=O)N[C@@H](CCC(=O)O)C(=O)N[C@H](C(=O)NCC(=O)N[C@@H](CCC(=O)O)C(=O)N[C@@H](Cc1ccccc1)C(=O)O)[C@@H](C)O. The van der Waals surface area contributed by atoms with Gasteiger partial charge in [0, 0.05) is 32.7 Å². The van der Waals surface area contributed by atoms with Gasteiger partial charge in [-0.3, -0.25) is 47.9 Å². The van der Waals surface area contributed by atoms with Gasteiger partial charge >= 0.3 is 23.9 Å². The van der Waals surface area contributed by atoms with Gasteiger partial charge in [-0.15, -0.1) is 0 Å². The Kier molecular flexibility index (Phi) is 19.4. The van der Waals surface area contributed by atoms with E-state index in [1.165, 1.54) is 0 Å². The van der Waals surface area contributed by atoms with Gasteiger partial charge in [-0.2, -0.15) is 0 Å². The van der Waals surface area contributed by atoms with Crippen LogP contribution in [0.25, 0.3) is 0 Å². The number of hydrogen-bond donors (Lipinski definition) is 11. The van der Waals surface area contributed by atoms with E-state index in [1.54, 1.807) is 30.3 Å². The largest absolute Gasteiger partial charge is 0.481 e. The maximum Gasteiger partial charge on any atom is 0.326 e. The van der Waals surface area contributed by atoms with E-state index in [2.05, 4.69) is 31.9 Å². The van der Waals surface area contributed by atoms with Crippen molar-refractivity contribution in [2.45, 2.75) is 108 Å². The molecule has 0 unspecified atom stereocenters. The van der Waals surface area contributed by atoms with Gasteiger partial charge in [-0.05, 0) is 38.2 Å². The molecule has 0 aliphatic carbocycles. The maximum atomic E-state index is 13.4. The number of benzene rings is 1. The van der Waals surface area contributed by atoms with Crippen LogP contribution < -0.4 is 31.9 Å². The lowest BCUT2D eigenvalue weighted by Gasteiger charge is -2.29. The van der Waals surface area contributed by atoms with Gasteiger partial charge < -0.3 is 62.3 Å². The summed E-state index contributed by atoms with van der Waals surface area (Å²) in [7, 11) is 0. The van der Waals surface area contributed by atoms with E-state index < -0.39 is 146 Å². The molecule has 11 N–H and O–H groups in total. The van der Waals surface area contributed by atoms with Crippen LogP contribution in [-0.2, 0) is 59.2 Å². The molecule has 0 bridgehead atoms. The van der Waals surface area contributed by atoms with Crippen LogP contribution in [0, 0.1) is 0 Å². The Morgan fingerprint density at radius 3 is 1.81 bits per heavy atom. The molecule has 0 spiro atoms. The van der Waals surface area contributed by atoms with E-state index >= 15 is 0 Å². The number of aliphatic hydroxyl groups excluding tert-OH is 1. The van der Waals surface area contributed by atoms with E-state index in [-0.39, 0.29) is 25.8 Å². The zero-order valence-corrected chi connectivity index (χ0v) is 32.2. The second kappa shape index (κ2) is 23.5. The van der Waals surface area contributed by atoms with Crippen molar-refractivity contribution in [2.75, 3.05) is 13.1 Å². The molecule has 0 saturated carbocycles. The van der Waals surface area contributed by atoms with E-state index in [9.17, 15) is 73.2 Å². The maximum absolute atomic E-state index is 13.4. The highest BCUT2D eigenvalue weighted by Gasteiger charge is 2.40. The number of carboxylic acid groups (broad SMARTS) is 4. The summed E-state index contributed by atoms with van der Waals surface area (Å²) in [5.41, 5.74) is 0.559. The minimum absolute atomic E-state index is 0.0153. The molecular weight excluding hydrogens is 786 g/mol. The number of nitrogens with zero attached hydrogens (tertiary/aromatic N) is 1. The summed E-state index contributed by atoms with van der Waals surface area (Å²) in [6.45, 7) is 1.24. The molecule has 1 heterocycles. The molecule has 2 rings (SSSR count). The number of nitrogens with one attached hydrogen (secondary N) is 6. The van der Waals surface area contributed by atoms with E-state index in [0.717, 1.165) is 18.7 Å². The fourth-order valence-electron chi connectivity index (χ4n) is 5.97. The van der Waals surface area contributed by atoms with Gasteiger partial charge in [0.2, 0.25) is 41.4 Å². The van der Waals surface area contributed by atoms with Gasteiger partial charge in [-0.1, -0.05) is 30.3 Å². The third-order valence-electron chi connectivity index (χ3n) is 8.85. The molecule has 59 heavy (non-hydrogen) atoms. The first-order chi connectivity index (χ1) is 27.7. The topological polar surface area (TPSA) is 364 Å². The number of carbonyl (C=O) groups excluding carboxylic acids is 7. The van der Waals surface area contributed by atoms with Crippen molar-refractivity contribution < 1.29 is 78.3 Å². The van der Waals surface area contributed by atoms with Crippen LogP contribution in [0.2, 0.25) is 0 Å². The molecule has 0 radical (unpaired) electrons. The van der Waals surface area contributed by atoms with Crippen molar-refractivity contribution in [3.05, 3.63) is 35.9 Å². The Labute approximate surface area is 336 Å². The standard InChI is InChI=1S/C36H49N7O16/c1-18(44)30(34(56)37-17-26(46)39-21(10-12-27(47)48)31(53)41-24(36(58)59)15-20-7-4-3-5-8-20)42-32(54)22(11-13-28(49)50)40-33(55)25-9-6-14-43(25)35(57)23(16-29(51)52)38-19(2)45/h3-5,7-8,18,21-25,30,44H,6,9-17H2,1-2H3,(H,37,56)(H,38,45)(H,39,46)(H,40,55)(H,41,53)(H,42,54)(H,47,48)(H,49,50)(H,51,52)(H,58,59)/t18-,21+,22+,23+,24+,25+,30+/m1/s1. The minimum atomic E-state index is -1.82. The summed E-state index contributed by atoms with van der Waals surface area (Å²) < 4.78 is 0. The zero-order valence-electron chi connectivity index (χ0n) is 32.2. The number of carbonyl (C=O) groups is 11. The number of aliphatic hydroxyl groups is 1. The monoisotopic (exact) mass is 835 g/mol. The second-order valence-electron chi connectivity index (χ2n) is 13.6. The third-order valence-corrected chi connectivity index (χ3v) is 8.85. The van der Waals surface area contributed by atoms with Crippen LogP contribution in [0.15, 0.2) is 30.3 Å². The minimum Gasteiger partial charge on any atom is -0.481 e. The van der Waals surface area contributed by atoms with E-state index in [4.69, 9.17) is 5.11 Å². The van der Waals surface area contributed by atoms with Crippen LogP contribution in [0.4, 0.5) is 0 Å². The summed E-state index contributed by atoms with van der Waals surface area (Å²) >= 11 is 0. The van der Waals surface area contributed by atoms with Gasteiger partial charge in [0.05, 0.1) is 19.1 Å². The molecule has 23 nitrogen and oxygen atoms in total. The molecule has 0 aromatic heterocycles. The lowest BCUT2D eigenvalue weighted by atomic mass is 10.0. The Morgan fingerprint density at radius 2 is 1.29 bits per heavy atom. The number of carboxylic acids is 4. The highest BCUT2D eigenvalue weighted by atomic mass is 16.4. The lowest BCUT2D eigenvalue weighted by Crippen LogP contribution is -2.60. The lowest BCUT2D eigenvalue weighted by molar-refractivity contribution is -0.146. The molecule has 1 aromatic carbocycles.